The smallest absolute Gasteiger partial charge is 0.224 e. The van der Waals surface area contributed by atoms with E-state index in [-0.39, 0.29) is 17.8 Å². The number of hydrogen-bond acceptors (Lipinski definition) is 2. The van der Waals surface area contributed by atoms with Crippen LogP contribution in [-0.2, 0) is 4.79 Å². The van der Waals surface area contributed by atoms with Gasteiger partial charge in [-0.1, -0.05) is 0 Å². The maximum absolute atomic E-state index is 14.6. The Balaban J connectivity index is 2.58. The molecule has 110 valence electrons. The number of nitrogens with zero attached hydrogens (tertiary/aromatic N) is 2. The van der Waals surface area contributed by atoms with Crippen molar-refractivity contribution in [1.29, 1.82) is 0 Å². The van der Waals surface area contributed by atoms with Crippen LogP contribution in [0.4, 0.5) is 18.9 Å². The van der Waals surface area contributed by atoms with Crippen LogP contribution < -0.4 is 4.90 Å². The molecule has 2 rings (SSSR count). The second-order valence-corrected chi connectivity index (χ2v) is 4.35. The first-order valence-corrected chi connectivity index (χ1v) is 6.28. The Bertz CT molecular complexity index is 647. The van der Waals surface area contributed by atoms with Crippen molar-refractivity contribution in [2.45, 2.75) is 6.92 Å². The van der Waals surface area contributed by atoms with Gasteiger partial charge >= 0.3 is 0 Å². The normalized spacial score (nSPS) is 10.5. The Hall–Kier alpha value is -2.37. The number of rotatable bonds is 4. The van der Waals surface area contributed by atoms with Crippen molar-refractivity contribution in [3.8, 4) is 11.1 Å². The zero-order chi connectivity index (χ0) is 15.4. The average molecular weight is 294 g/mol. The SMILES string of the molecule is CC(=O)N(CCF)c1ccc(F)c(-c2ccncc2)c1F. The monoisotopic (exact) mass is 294 g/mol. The lowest BCUT2D eigenvalue weighted by Crippen LogP contribution is -2.31. The molecule has 21 heavy (non-hydrogen) atoms. The zero-order valence-corrected chi connectivity index (χ0v) is 11.3. The summed E-state index contributed by atoms with van der Waals surface area (Å²) in [6, 6.07) is 5.10. The fourth-order valence-corrected chi connectivity index (χ4v) is 2.07. The van der Waals surface area contributed by atoms with E-state index in [1.165, 1.54) is 31.5 Å². The Kier molecular flexibility index (Phi) is 4.57. The van der Waals surface area contributed by atoms with Gasteiger partial charge in [0.1, 0.15) is 12.5 Å². The van der Waals surface area contributed by atoms with Gasteiger partial charge in [-0.2, -0.15) is 0 Å². The lowest BCUT2D eigenvalue weighted by Gasteiger charge is -2.21. The molecule has 0 unspecified atom stereocenters. The molecule has 1 aromatic carbocycles. The molecule has 2 aromatic rings. The fourth-order valence-electron chi connectivity index (χ4n) is 2.07. The summed E-state index contributed by atoms with van der Waals surface area (Å²) in [5.41, 5.74) is -0.112. The lowest BCUT2D eigenvalue weighted by atomic mass is 10.0. The minimum Gasteiger partial charge on any atom is -0.307 e. The fraction of sp³-hybridized carbons (Fsp3) is 0.200. The molecular weight excluding hydrogens is 281 g/mol. The largest absolute Gasteiger partial charge is 0.307 e. The van der Waals surface area contributed by atoms with E-state index in [0.29, 0.717) is 5.56 Å². The zero-order valence-electron chi connectivity index (χ0n) is 11.3. The van der Waals surface area contributed by atoms with Crippen LogP contribution in [0.3, 0.4) is 0 Å². The highest BCUT2D eigenvalue weighted by molar-refractivity contribution is 5.92. The maximum atomic E-state index is 14.6. The molecule has 0 spiro atoms. The minimum absolute atomic E-state index is 0.145. The van der Waals surface area contributed by atoms with Crippen molar-refractivity contribution in [3.05, 3.63) is 48.3 Å². The average Bonchev–Trinajstić information content (AvgIpc) is 2.47. The molecular formula is C15H13F3N2O. The van der Waals surface area contributed by atoms with E-state index in [0.717, 1.165) is 17.0 Å². The number of aromatic nitrogens is 1. The third-order valence-corrected chi connectivity index (χ3v) is 3.02. The summed E-state index contributed by atoms with van der Waals surface area (Å²) in [4.78, 5) is 16.2. The van der Waals surface area contributed by atoms with E-state index in [1.54, 1.807) is 0 Å². The van der Waals surface area contributed by atoms with Crippen LogP contribution in [0.5, 0.6) is 0 Å². The Labute approximate surface area is 120 Å². The first kappa shape index (κ1) is 15.0. The van der Waals surface area contributed by atoms with Gasteiger partial charge in [0.15, 0.2) is 5.82 Å². The molecule has 0 bridgehead atoms. The number of carbonyl (C=O) groups is 1. The molecule has 0 saturated carbocycles. The van der Waals surface area contributed by atoms with E-state index >= 15 is 0 Å². The van der Waals surface area contributed by atoms with Gasteiger partial charge < -0.3 is 4.90 Å². The van der Waals surface area contributed by atoms with Crippen molar-refractivity contribution >= 4 is 11.6 Å². The molecule has 1 amide bonds. The molecule has 0 aliphatic rings. The predicted octanol–water partition coefficient (Wildman–Crippen LogP) is 3.35. The van der Waals surface area contributed by atoms with Gasteiger partial charge in [0.25, 0.3) is 0 Å². The van der Waals surface area contributed by atoms with Crippen LogP contribution in [-0.4, -0.2) is 24.1 Å². The summed E-state index contributed by atoms with van der Waals surface area (Å²) in [5, 5.41) is 0. The first-order chi connectivity index (χ1) is 10.1. The van der Waals surface area contributed by atoms with Crippen LogP contribution in [0, 0.1) is 11.6 Å². The maximum Gasteiger partial charge on any atom is 0.224 e. The highest BCUT2D eigenvalue weighted by atomic mass is 19.1. The van der Waals surface area contributed by atoms with Crippen molar-refractivity contribution in [3.63, 3.8) is 0 Å². The topological polar surface area (TPSA) is 33.2 Å². The summed E-state index contributed by atoms with van der Waals surface area (Å²) in [6.45, 7) is 0.0965. The summed E-state index contributed by atoms with van der Waals surface area (Å²) in [5.74, 6) is -2.17. The van der Waals surface area contributed by atoms with E-state index in [2.05, 4.69) is 4.98 Å². The van der Waals surface area contributed by atoms with Crippen molar-refractivity contribution in [2.75, 3.05) is 18.1 Å². The van der Waals surface area contributed by atoms with Gasteiger partial charge in [-0.25, -0.2) is 13.2 Å². The quantitative estimate of drug-likeness (QED) is 0.866. The number of alkyl halides is 1. The molecule has 0 saturated heterocycles. The highest BCUT2D eigenvalue weighted by Crippen LogP contribution is 2.32. The number of benzene rings is 1. The molecule has 1 aromatic heterocycles. The van der Waals surface area contributed by atoms with E-state index < -0.39 is 24.2 Å². The Morgan fingerprint density at radius 3 is 2.43 bits per heavy atom. The van der Waals surface area contributed by atoms with Crippen molar-refractivity contribution in [1.82, 2.24) is 4.98 Å². The molecule has 0 atom stereocenters. The first-order valence-electron chi connectivity index (χ1n) is 6.28. The van der Waals surface area contributed by atoms with Crippen molar-refractivity contribution < 1.29 is 18.0 Å². The lowest BCUT2D eigenvalue weighted by molar-refractivity contribution is -0.116. The molecule has 6 heteroatoms. The van der Waals surface area contributed by atoms with Gasteiger partial charge in [-0.3, -0.25) is 9.78 Å². The predicted molar refractivity (Wildman–Crippen MR) is 73.6 cm³/mol. The molecule has 0 aliphatic heterocycles. The molecule has 3 nitrogen and oxygen atoms in total. The van der Waals surface area contributed by atoms with Crippen molar-refractivity contribution in [2.24, 2.45) is 0 Å². The summed E-state index contributed by atoms with van der Waals surface area (Å²) < 4.78 is 41.0. The van der Waals surface area contributed by atoms with Crippen LogP contribution in [0.15, 0.2) is 36.7 Å². The summed E-state index contributed by atoms with van der Waals surface area (Å²) in [7, 11) is 0. The second kappa shape index (κ2) is 6.39. The van der Waals surface area contributed by atoms with Crippen LogP contribution >= 0.6 is 0 Å². The van der Waals surface area contributed by atoms with E-state index in [9.17, 15) is 18.0 Å². The number of carbonyl (C=O) groups excluding carboxylic acids is 1. The van der Waals surface area contributed by atoms with Crippen LogP contribution in [0.2, 0.25) is 0 Å². The number of hydrogen-bond donors (Lipinski definition) is 0. The number of halogens is 3. The molecule has 1 heterocycles. The van der Waals surface area contributed by atoms with E-state index in [1.807, 2.05) is 0 Å². The summed E-state index contributed by atoms with van der Waals surface area (Å²) in [6.07, 6.45) is 2.82. The molecule has 0 fully saturated rings. The van der Waals surface area contributed by atoms with Gasteiger partial charge in [-0.15, -0.1) is 0 Å². The number of anilines is 1. The van der Waals surface area contributed by atoms with E-state index in [4.69, 9.17) is 0 Å². The third kappa shape index (κ3) is 3.04. The van der Waals surface area contributed by atoms with Crippen LogP contribution in [0.25, 0.3) is 11.1 Å². The van der Waals surface area contributed by atoms with Gasteiger partial charge in [0.2, 0.25) is 5.91 Å². The number of amides is 1. The summed E-state index contributed by atoms with van der Waals surface area (Å²) >= 11 is 0. The Morgan fingerprint density at radius 1 is 1.19 bits per heavy atom. The van der Waals surface area contributed by atoms with Gasteiger partial charge in [-0.05, 0) is 29.8 Å². The molecule has 0 radical (unpaired) electrons. The standard InChI is InChI=1S/C15H13F3N2O/c1-10(21)20(9-6-16)13-3-2-12(17)14(15(13)18)11-4-7-19-8-5-11/h2-5,7-8H,6,9H2,1H3. The van der Waals surface area contributed by atoms with Gasteiger partial charge in [0.05, 0.1) is 17.8 Å². The Morgan fingerprint density at radius 2 is 1.86 bits per heavy atom. The highest BCUT2D eigenvalue weighted by Gasteiger charge is 2.21. The minimum atomic E-state index is -0.898. The molecule has 0 N–H and O–H groups in total. The van der Waals surface area contributed by atoms with Gasteiger partial charge in [0, 0.05) is 19.3 Å². The third-order valence-electron chi connectivity index (χ3n) is 3.02. The van der Waals surface area contributed by atoms with Crippen LogP contribution in [0.1, 0.15) is 6.92 Å². The number of pyridine rings is 1. The molecule has 0 aliphatic carbocycles. The second-order valence-electron chi connectivity index (χ2n) is 4.35.